The standard InChI is InChI=1S/C7H10N2O2S2/c1-4(2)6-8-7(13-9-6)12-3-5(10)11/h4H,3H2,1-2H3,(H,10,11). The maximum atomic E-state index is 10.2. The highest BCUT2D eigenvalue weighted by Crippen LogP contribution is 2.22. The minimum Gasteiger partial charge on any atom is -0.481 e. The second-order valence-electron chi connectivity index (χ2n) is 2.76. The molecule has 72 valence electrons. The normalized spacial score (nSPS) is 10.7. The highest BCUT2D eigenvalue weighted by atomic mass is 32.2. The van der Waals surface area contributed by atoms with E-state index in [4.69, 9.17) is 5.11 Å². The fraction of sp³-hybridized carbons (Fsp3) is 0.571. The Morgan fingerprint density at radius 1 is 1.69 bits per heavy atom. The van der Waals surface area contributed by atoms with Gasteiger partial charge in [-0.2, -0.15) is 4.37 Å². The molecule has 0 aliphatic carbocycles. The second-order valence-corrected chi connectivity index (χ2v) is 4.73. The molecule has 0 bridgehead atoms. The Morgan fingerprint density at radius 2 is 2.38 bits per heavy atom. The first-order valence-corrected chi connectivity index (χ1v) is 5.53. The number of carboxylic acids is 1. The highest BCUT2D eigenvalue weighted by molar-refractivity contribution is 8.01. The van der Waals surface area contributed by atoms with Crippen molar-refractivity contribution < 1.29 is 9.90 Å². The molecule has 0 atom stereocenters. The summed E-state index contributed by atoms with van der Waals surface area (Å²) in [5.41, 5.74) is 0. The summed E-state index contributed by atoms with van der Waals surface area (Å²) in [6.07, 6.45) is 0. The van der Waals surface area contributed by atoms with Crippen LogP contribution in [0.25, 0.3) is 0 Å². The third-order valence-electron chi connectivity index (χ3n) is 1.26. The summed E-state index contributed by atoms with van der Waals surface area (Å²) in [4.78, 5) is 14.4. The van der Waals surface area contributed by atoms with Crippen LogP contribution in [-0.2, 0) is 4.79 Å². The summed E-state index contributed by atoms with van der Waals surface area (Å²) < 4.78 is 4.84. The van der Waals surface area contributed by atoms with E-state index in [2.05, 4.69) is 9.36 Å². The summed E-state index contributed by atoms with van der Waals surface area (Å²) in [5, 5.41) is 8.43. The number of aliphatic carboxylic acids is 1. The van der Waals surface area contributed by atoms with Gasteiger partial charge in [0.1, 0.15) is 5.82 Å². The lowest BCUT2D eigenvalue weighted by atomic mass is 10.2. The number of aromatic nitrogens is 2. The molecule has 0 radical (unpaired) electrons. The molecule has 0 aliphatic rings. The van der Waals surface area contributed by atoms with Crippen molar-refractivity contribution in [2.45, 2.75) is 24.1 Å². The molecule has 1 aromatic rings. The molecule has 1 N–H and O–H groups in total. The third kappa shape index (κ3) is 3.31. The topological polar surface area (TPSA) is 63.1 Å². The van der Waals surface area contributed by atoms with Gasteiger partial charge in [0.25, 0.3) is 0 Å². The van der Waals surface area contributed by atoms with Gasteiger partial charge >= 0.3 is 5.97 Å². The molecule has 0 fully saturated rings. The van der Waals surface area contributed by atoms with E-state index in [1.54, 1.807) is 0 Å². The summed E-state index contributed by atoms with van der Waals surface area (Å²) in [5.74, 6) is 0.312. The number of carboxylic acid groups (broad SMARTS) is 1. The average Bonchev–Trinajstić information content (AvgIpc) is 2.48. The van der Waals surface area contributed by atoms with Crippen molar-refractivity contribution in [1.29, 1.82) is 0 Å². The third-order valence-corrected chi connectivity index (χ3v) is 3.09. The molecule has 0 saturated carbocycles. The van der Waals surface area contributed by atoms with Gasteiger partial charge in [0, 0.05) is 5.92 Å². The Hall–Kier alpha value is -0.620. The molecule has 0 aliphatic heterocycles. The number of carbonyl (C=O) groups is 1. The largest absolute Gasteiger partial charge is 0.481 e. The van der Waals surface area contributed by atoms with Crippen LogP contribution in [0, 0.1) is 0 Å². The summed E-state index contributed by atoms with van der Waals surface area (Å²) in [6, 6.07) is 0. The van der Waals surface area contributed by atoms with Crippen LogP contribution >= 0.6 is 23.3 Å². The average molecular weight is 218 g/mol. The van der Waals surface area contributed by atoms with Gasteiger partial charge in [0.15, 0.2) is 4.34 Å². The van der Waals surface area contributed by atoms with E-state index in [9.17, 15) is 4.79 Å². The monoisotopic (exact) mass is 218 g/mol. The minimum atomic E-state index is -0.828. The van der Waals surface area contributed by atoms with Crippen molar-refractivity contribution in [3.8, 4) is 0 Å². The lowest BCUT2D eigenvalue weighted by molar-refractivity contribution is -0.133. The van der Waals surface area contributed by atoms with Crippen LogP contribution in [0.1, 0.15) is 25.6 Å². The second kappa shape index (κ2) is 4.57. The molecular weight excluding hydrogens is 208 g/mol. The molecule has 1 heterocycles. The predicted molar refractivity (Wildman–Crippen MR) is 52.4 cm³/mol. The molecule has 13 heavy (non-hydrogen) atoms. The first-order valence-electron chi connectivity index (χ1n) is 3.77. The molecule has 1 rings (SSSR count). The quantitative estimate of drug-likeness (QED) is 0.781. The van der Waals surface area contributed by atoms with Crippen molar-refractivity contribution in [1.82, 2.24) is 9.36 Å². The molecular formula is C7H10N2O2S2. The van der Waals surface area contributed by atoms with Gasteiger partial charge in [-0.15, -0.1) is 0 Å². The predicted octanol–water partition coefficient (Wildman–Crippen LogP) is 1.84. The molecule has 0 unspecified atom stereocenters. The van der Waals surface area contributed by atoms with Crippen LogP contribution < -0.4 is 0 Å². The van der Waals surface area contributed by atoms with E-state index >= 15 is 0 Å². The van der Waals surface area contributed by atoms with E-state index < -0.39 is 5.97 Å². The van der Waals surface area contributed by atoms with Crippen LogP contribution in [-0.4, -0.2) is 26.2 Å². The van der Waals surface area contributed by atoms with E-state index in [-0.39, 0.29) is 5.75 Å². The van der Waals surface area contributed by atoms with Gasteiger partial charge in [-0.05, 0) is 11.5 Å². The number of thioether (sulfide) groups is 1. The molecule has 0 aromatic carbocycles. The van der Waals surface area contributed by atoms with Crippen molar-refractivity contribution in [3.05, 3.63) is 5.82 Å². The maximum absolute atomic E-state index is 10.2. The maximum Gasteiger partial charge on any atom is 0.313 e. The van der Waals surface area contributed by atoms with Crippen LogP contribution in [0.4, 0.5) is 0 Å². The van der Waals surface area contributed by atoms with Crippen molar-refractivity contribution in [2.24, 2.45) is 0 Å². The summed E-state index contributed by atoms with van der Waals surface area (Å²) in [7, 11) is 0. The number of hydrogen-bond donors (Lipinski definition) is 1. The molecule has 1 aromatic heterocycles. The van der Waals surface area contributed by atoms with E-state index in [1.807, 2.05) is 13.8 Å². The molecule has 6 heteroatoms. The van der Waals surface area contributed by atoms with E-state index in [0.29, 0.717) is 5.92 Å². The van der Waals surface area contributed by atoms with Crippen LogP contribution in [0.15, 0.2) is 4.34 Å². The Bertz CT molecular complexity index is 298. The van der Waals surface area contributed by atoms with E-state index in [1.165, 1.54) is 23.3 Å². The highest BCUT2D eigenvalue weighted by Gasteiger charge is 2.08. The Kier molecular flexibility index (Phi) is 3.68. The van der Waals surface area contributed by atoms with Gasteiger partial charge in [-0.25, -0.2) is 4.98 Å². The zero-order valence-electron chi connectivity index (χ0n) is 7.35. The van der Waals surface area contributed by atoms with Crippen molar-refractivity contribution in [2.75, 3.05) is 5.75 Å². The Balaban J connectivity index is 2.54. The zero-order valence-corrected chi connectivity index (χ0v) is 8.98. The summed E-state index contributed by atoms with van der Waals surface area (Å²) in [6.45, 7) is 4.02. The Labute approximate surface area is 84.6 Å². The van der Waals surface area contributed by atoms with Crippen molar-refractivity contribution in [3.63, 3.8) is 0 Å². The minimum absolute atomic E-state index is 0.0483. The fourth-order valence-electron chi connectivity index (χ4n) is 0.637. The van der Waals surface area contributed by atoms with Gasteiger partial charge in [0.2, 0.25) is 0 Å². The lowest BCUT2D eigenvalue weighted by Crippen LogP contribution is -1.97. The van der Waals surface area contributed by atoms with Crippen molar-refractivity contribution >= 4 is 29.3 Å². The van der Waals surface area contributed by atoms with Gasteiger partial charge in [-0.3, -0.25) is 4.79 Å². The van der Waals surface area contributed by atoms with Crippen LogP contribution in [0.5, 0.6) is 0 Å². The SMILES string of the molecule is CC(C)c1nsc(SCC(=O)O)n1. The van der Waals surface area contributed by atoms with E-state index in [0.717, 1.165) is 10.2 Å². The summed E-state index contributed by atoms with van der Waals surface area (Å²) >= 11 is 2.47. The van der Waals surface area contributed by atoms with Crippen LogP contribution in [0.3, 0.4) is 0 Å². The lowest BCUT2D eigenvalue weighted by Gasteiger charge is -1.94. The van der Waals surface area contributed by atoms with Crippen LogP contribution in [0.2, 0.25) is 0 Å². The molecule has 4 nitrogen and oxygen atoms in total. The number of rotatable bonds is 4. The number of hydrogen-bond acceptors (Lipinski definition) is 5. The van der Waals surface area contributed by atoms with Gasteiger partial charge in [0.05, 0.1) is 5.75 Å². The zero-order chi connectivity index (χ0) is 9.84. The molecule has 0 amide bonds. The fourth-order valence-corrected chi connectivity index (χ4v) is 2.10. The first-order chi connectivity index (χ1) is 6.09. The number of nitrogens with zero attached hydrogens (tertiary/aromatic N) is 2. The van der Waals surface area contributed by atoms with Gasteiger partial charge in [-0.1, -0.05) is 25.6 Å². The Morgan fingerprint density at radius 3 is 2.85 bits per heavy atom. The molecule has 0 saturated heterocycles. The smallest absolute Gasteiger partial charge is 0.313 e. The van der Waals surface area contributed by atoms with Gasteiger partial charge < -0.3 is 5.11 Å². The molecule has 0 spiro atoms. The first kappa shape index (κ1) is 10.5.